The molecule has 0 aliphatic rings. The zero-order valence-electron chi connectivity index (χ0n) is 8.10. The normalized spacial score (nSPS) is 11.6. The molecule has 0 saturated carbocycles. The van der Waals surface area contributed by atoms with E-state index in [0.717, 1.165) is 5.56 Å². The van der Waals surface area contributed by atoms with Gasteiger partial charge in [-0.05, 0) is 12.5 Å². The first-order chi connectivity index (χ1) is 6.83. The summed E-state index contributed by atoms with van der Waals surface area (Å²) in [6.07, 6.45) is 0. The van der Waals surface area contributed by atoms with Crippen LogP contribution in [0.2, 0.25) is 0 Å². The van der Waals surface area contributed by atoms with Gasteiger partial charge >= 0.3 is 0 Å². The van der Waals surface area contributed by atoms with Crippen LogP contribution in [0, 0.1) is 0 Å². The highest BCUT2D eigenvalue weighted by molar-refractivity contribution is 5.83. The van der Waals surface area contributed by atoms with Crippen molar-refractivity contribution in [1.82, 2.24) is 5.48 Å². The van der Waals surface area contributed by atoms with E-state index in [1.165, 1.54) is 0 Å². The second kappa shape index (κ2) is 6.12. The zero-order chi connectivity index (χ0) is 10.2. The van der Waals surface area contributed by atoms with Crippen molar-refractivity contribution in [3.8, 4) is 0 Å². The molecule has 1 aromatic rings. The minimum atomic E-state index is 0.420. The van der Waals surface area contributed by atoms with Gasteiger partial charge in [-0.25, -0.2) is 0 Å². The Hall–Kier alpha value is -1.39. The van der Waals surface area contributed by atoms with Crippen molar-refractivity contribution in [3.05, 3.63) is 35.9 Å². The van der Waals surface area contributed by atoms with E-state index in [9.17, 15) is 0 Å². The predicted molar refractivity (Wildman–Crippen MR) is 54.1 cm³/mol. The van der Waals surface area contributed by atoms with E-state index >= 15 is 0 Å². The van der Waals surface area contributed by atoms with Gasteiger partial charge in [0.2, 0.25) is 0 Å². The van der Waals surface area contributed by atoms with E-state index in [1.807, 2.05) is 30.3 Å². The average Bonchev–Trinajstić information content (AvgIpc) is 2.25. The van der Waals surface area contributed by atoms with Crippen LogP contribution in [-0.4, -0.2) is 17.5 Å². The van der Waals surface area contributed by atoms with Crippen molar-refractivity contribution in [1.29, 1.82) is 0 Å². The number of nitrogens with zero attached hydrogens (tertiary/aromatic N) is 1. The van der Waals surface area contributed by atoms with Crippen LogP contribution < -0.4 is 5.48 Å². The fraction of sp³-hybridized carbons (Fsp3) is 0.300. The van der Waals surface area contributed by atoms with Crippen molar-refractivity contribution in [2.75, 3.05) is 6.54 Å². The first kappa shape index (κ1) is 10.7. The summed E-state index contributed by atoms with van der Waals surface area (Å²) in [5, 5.41) is 11.4. The quantitative estimate of drug-likeness (QED) is 0.323. The van der Waals surface area contributed by atoms with Crippen molar-refractivity contribution in [3.63, 3.8) is 0 Å². The zero-order valence-corrected chi connectivity index (χ0v) is 8.10. The molecule has 2 N–H and O–H groups in total. The van der Waals surface area contributed by atoms with Crippen LogP contribution in [-0.2, 0) is 11.4 Å². The van der Waals surface area contributed by atoms with Crippen LogP contribution in [0.5, 0.6) is 0 Å². The molecular weight excluding hydrogens is 180 g/mol. The van der Waals surface area contributed by atoms with Gasteiger partial charge in [0.25, 0.3) is 0 Å². The summed E-state index contributed by atoms with van der Waals surface area (Å²) >= 11 is 0. The molecule has 0 bridgehead atoms. The summed E-state index contributed by atoms with van der Waals surface area (Å²) < 4.78 is 0. The Balaban J connectivity index is 2.17. The lowest BCUT2D eigenvalue weighted by Gasteiger charge is -2.04. The van der Waals surface area contributed by atoms with Crippen molar-refractivity contribution in [2.45, 2.75) is 13.5 Å². The number of benzene rings is 1. The molecule has 76 valence electrons. The smallest absolute Gasteiger partial charge is 0.0933 e. The summed E-state index contributed by atoms with van der Waals surface area (Å²) in [6, 6.07) is 9.83. The van der Waals surface area contributed by atoms with E-state index in [-0.39, 0.29) is 0 Å². The van der Waals surface area contributed by atoms with E-state index in [4.69, 9.17) is 10.0 Å². The Morgan fingerprint density at radius 3 is 2.79 bits per heavy atom. The van der Waals surface area contributed by atoms with Gasteiger partial charge in [0.1, 0.15) is 0 Å². The van der Waals surface area contributed by atoms with Crippen LogP contribution in [0.1, 0.15) is 12.5 Å². The standard InChI is InChI=1S/C10H14N2O2/c1-9(12-13)7-11-14-8-10-5-3-2-4-6-10/h2-6,11,13H,7-8H2,1H3. The Morgan fingerprint density at radius 1 is 1.43 bits per heavy atom. The van der Waals surface area contributed by atoms with Gasteiger partial charge in [-0.1, -0.05) is 35.5 Å². The molecule has 1 aromatic carbocycles. The average molecular weight is 194 g/mol. The minimum absolute atomic E-state index is 0.420. The summed E-state index contributed by atoms with van der Waals surface area (Å²) in [6.45, 7) is 2.63. The largest absolute Gasteiger partial charge is 0.411 e. The molecule has 1 rings (SSSR count). The van der Waals surface area contributed by atoms with Gasteiger partial charge in [-0.3, -0.25) is 4.84 Å². The highest BCUT2D eigenvalue weighted by atomic mass is 16.6. The molecule has 4 heteroatoms. The first-order valence-corrected chi connectivity index (χ1v) is 4.39. The van der Waals surface area contributed by atoms with Crippen LogP contribution in [0.3, 0.4) is 0 Å². The van der Waals surface area contributed by atoms with Gasteiger partial charge < -0.3 is 5.21 Å². The van der Waals surface area contributed by atoms with Gasteiger partial charge in [-0.15, -0.1) is 0 Å². The number of hydrogen-bond acceptors (Lipinski definition) is 4. The molecular formula is C10H14N2O2. The lowest BCUT2D eigenvalue weighted by atomic mass is 10.2. The molecule has 0 fully saturated rings. The van der Waals surface area contributed by atoms with Crippen molar-refractivity contribution < 1.29 is 10.0 Å². The second-order valence-corrected chi connectivity index (χ2v) is 2.93. The second-order valence-electron chi connectivity index (χ2n) is 2.93. The number of rotatable bonds is 5. The van der Waals surface area contributed by atoms with E-state index in [1.54, 1.807) is 6.92 Å². The Morgan fingerprint density at radius 2 is 2.14 bits per heavy atom. The lowest BCUT2D eigenvalue weighted by Crippen LogP contribution is -2.21. The molecule has 0 unspecified atom stereocenters. The van der Waals surface area contributed by atoms with Crippen LogP contribution in [0.4, 0.5) is 0 Å². The first-order valence-electron chi connectivity index (χ1n) is 4.39. The molecule has 0 aliphatic carbocycles. The molecule has 0 spiro atoms. The molecule has 0 aromatic heterocycles. The van der Waals surface area contributed by atoms with Crippen LogP contribution >= 0.6 is 0 Å². The number of nitrogens with one attached hydrogen (secondary N) is 1. The third kappa shape index (κ3) is 4.02. The van der Waals surface area contributed by atoms with Gasteiger partial charge in [0.15, 0.2) is 0 Å². The van der Waals surface area contributed by atoms with E-state index in [2.05, 4.69) is 10.6 Å². The maximum atomic E-state index is 8.34. The number of hydroxylamine groups is 1. The highest BCUT2D eigenvalue weighted by Crippen LogP contribution is 1.98. The summed E-state index contributed by atoms with van der Waals surface area (Å²) in [5.74, 6) is 0. The molecule has 0 atom stereocenters. The highest BCUT2D eigenvalue weighted by Gasteiger charge is 1.93. The molecule has 14 heavy (non-hydrogen) atoms. The molecule has 0 heterocycles. The van der Waals surface area contributed by atoms with Crippen molar-refractivity contribution in [2.24, 2.45) is 5.16 Å². The maximum Gasteiger partial charge on any atom is 0.0933 e. The maximum absolute atomic E-state index is 8.34. The predicted octanol–water partition coefficient (Wildman–Crippen LogP) is 1.56. The number of oxime groups is 1. The summed E-state index contributed by atoms with van der Waals surface area (Å²) in [4.78, 5) is 5.15. The SMILES string of the molecule is CC(CNOCc1ccccc1)=NO. The van der Waals surface area contributed by atoms with Gasteiger partial charge in [-0.2, -0.15) is 5.48 Å². The van der Waals surface area contributed by atoms with Crippen molar-refractivity contribution >= 4 is 5.71 Å². The molecule has 0 radical (unpaired) electrons. The number of hydrogen-bond donors (Lipinski definition) is 2. The third-order valence-electron chi connectivity index (χ3n) is 1.68. The van der Waals surface area contributed by atoms with E-state index < -0.39 is 0 Å². The van der Waals surface area contributed by atoms with Gasteiger partial charge in [0, 0.05) is 0 Å². The molecule has 0 aliphatic heterocycles. The van der Waals surface area contributed by atoms with Crippen LogP contribution in [0.25, 0.3) is 0 Å². The fourth-order valence-electron chi connectivity index (χ4n) is 0.899. The lowest BCUT2D eigenvalue weighted by molar-refractivity contribution is 0.0372. The third-order valence-corrected chi connectivity index (χ3v) is 1.68. The summed E-state index contributed by atoms with van der Waals surface area (Å²) in [5.41, 5.74) is 4.37. The molecule has 0 amide bonds. The van der Waals surface area contributed by atoms with Crippen LogP contribution in [0.15, 0.2) is 35.5 Å². The molecule has 4 nitrogen and oxygen atoms in total. The fourth-order valence-corrected chi connectivity index (χ4v) is 0.899. The Labute approximate surface area is 83.2 Å². The monoisotopic (exact) mass is 194 g/mol. The Bertz CT molecular complexity index is 285. The van der Waals surface area contributed by atoms with Gasteiger partial charge in [0.05, 0.1) is 18.9 Å². The summed E-state index contributed by atoms with van der Waals surface area (Å²) in [7, 11) is 0. The topological polar surface area (TPSA) is 53.8 Å². The van der Waals surface area contributed by atoms with E-state index in [0.29, 0.717) is 18.9 Å². The molecule has 0 saturated heterocycles. The Kier molecular flexibility index (Phi) is 4.68. The minimum Gasteiger partial charge on any atom is -0.411 e.